The summed E-state index contributed by atoms with van der Waals surface area (Å²) in [7, 11) is 1.34. The van der Waals surface area contributed by atoms with Gasteiger partial charge in [-0.15, -0.1) is 0 Å². The van der Waals surface area contributed by atoms with Crippen LogP contribution in [0.5, 0.6) is 5.75 Å². The number of nitrogens with zero attached hydrogens (tertiary/aromatic N) is 2. The average Bonchev–Trinajstić information content (AvgIpc) is 3.63. The molecule has 0 bridgehead atoms. The van der Waals surface area contributed by atoms with Crippen molar-refractivity contribution < 1.29 is 41.8 Å². The number of aromatic carboxylic acids is 1. The van der Waals surface area contributed by atoms with Gasteiger partial charge >= 0.3 is 18.1 Å². The molecule has 14 heteroatoms. The molecule has 1 aliphatic rings. The third-order valence-corrected chi connectivity index (χ3v) is 8.70. The summed E-state index contributed by atoms with van der Waals surface area (Å²) in [6.07, 6.45) is -3.74. The number of carboxylic acid groups (broad SMARTS) is 1. The van der Waals surface area contributed by atoms with Gasteiger partial charge in [-0.3, -0.25) is 9.36 Å². The van der Waals surface area contributed by atoms with Gasteiger partial charge in [-0.05, 0) is 48.0 Å². The number of rotatable bonds is 7. The zero-order valence-electron chi connectivity index (χ0n) is 24.4. The third-order valence-electron chi connectivity index (χ3n) is 7.40. The Kier molecular flexibility index (Phi) is 8.28. The van der Waals surface area contributed by atoms with Crippen LogP contribution in [0.4, 0.5) is 13.2 Å². The summed E-state index contributed by atoms with van der Waals surface area (Å²) in [5, 5.41) is 10.3. The number of fused-ring (bicyclic) bond motifs is 2. The van der Waals surface area contributed by atoms with Gasteiger partial charge in [0.2, 0.25) is 0 Å². The van der Waals surface area contributed by atoms with E-state index in [2.05, 4.69) is 4.99 Å². The van der Waals surface area contributed by atoms with Gasteiger partial charge in [0, 0.05) is 17.2 Å². The Balaban J connectivity index is 1.59. The number of alkyl halides is 3. The van der Waals surface area contributed by atoms with E-state index < -0.39 is 41.0 Å². The summed E-state index contributed by atoms with van der Waals surface area (Å²) >= 11 is 6.79. The first-order valence-electron chi connectivity index (χ1n) is 13.9. The average molecular weight is 683 g/mol. The number of ether oxygens (including phenoxy) is 2. The van der Waals surface area contributed by atoms with Gasteiger partial charge in [-0.25, -0.2) is 14.6 Å². The van der Waals surface area contributed by atoms with Crippen LogP contribution in [0.2, 0.25) is 5.02 Å². The van der Waals surface area contributed by atoms with E-state index in [4.69, 9.17) is 25.5 Å². The van der Waals surface area contributed by atoms with Gasteiger partial charge < -0.3 is 19.0 Å². The number of furan rings is 1. The van der Waals surface area contributed by atoms with Crippen LogP contribution in [0.1, 0.15) is 34.6 Å². The topological polar surface area (TPSA) is 120 Å². The van der Waals surface area contributed by atoms with Crippen LogP contribution in [0.25, 0.3) is 28.2 Å². The Morgan fingerprint density at radius 2 is 1.89 bits per heavy atom. The molecule has 3 aromatic carbocycles. The van der Waals surface area contributed by atoms with Crippen molar-refractivity contribution in [2.45, 2.75) is 19.1 Å². The maximum atomic E-state index is 14.6. The lowest BCUT2D eigenvalue weighted by Gasteiger charge is -2.28. The summed E-state index contributed by atoms with van der Waals surface area (Å²) in [6.45, 7) is 1.24. The molecule has 1 N–H and O–H groups in total. The standard InChI is InChI=1S/C33H22ClF3N2O7S/c1-3-45-31(43)26-27(25-19-7-5-4-6-16(19)9-12-23(25)44-2)39-29(40)24(47-32(39)38-28(26)33(35,36)37)15-18-10-13-22(46-18)17-8-11-20(30(41)42)21(34)14-17/h4-15,27H,3H2,1-2H3,(H,41,42)/b24-15-/t27-/m0/s1. The molecule has 6 rings (SSSR count). The van der Waals surface area contributed by atoms with E-state index >= 15 is 0 Å². The van der Waals surface area contributed by atoms with Gasteiger partial charge in [0.25, 0.3) is 5.56 Å². The van der Waals surface area contributed by atoms with Crippen LogP contribution in [-0.2, 0) is 9.53 Å². The number of allylic oxidation sites excluding steroid dienone is 1. The fourth-order valence-electron chi connectivity index (χ4n) is 5.41. The van der Waals surface area contributed by atoms with Crippen LogP contribution in [0, 0.1) is 0 Å². The lowest BCUT2D eigenvalue weighted by Crippen LogP contribution is -2.41. The molecular weight excluding hydrogens is 661 g/mol. The summed E-state index contributed by atoms with van der Waals surface area (Å²) in [4.78, 5) is 42.3. The Labute approximate surface area is 272 Å². The highest BCUT2D eigenvalue weighted by molar-refractivity contribution is 7.07. The van der Waals surface area contributed by atoms with Crippen molar-refractivity contribution in [1.29, 1.82) is 0 Å². The lowest BCUT2D eigenvalue weighted by atomic mass is 9.90. The molecule has 0 aliphatic carbocycles. The molecule has 5 aromatic rings. The van der Waals surface area contributed by atoms with E-state index in [0.717, 1.165) is 4.57 Å². The number of hydrogen-bond donors (Lipinski definition) is 1. The number of carbonyl (C=O) groups excluding carboxylic acids is 1. The minimum absolute atomic E-state index is 0.0111. The predicted octanol–water partition coefficient (Wildman–Crippen LogP) is 6.11. The third kappa shape index (κ3) is 5.72. The van der Waals surface area contributed by atoms with Gasteiger partial charge in [-0.1, -0.05) is 59.3 Å². The van der Waals surface area contributed by atoms with Crippen molar-refractivity contribution in [1.82, 2.24) is 4.57 Å². The van der Waals surface area contributed by atoms with E-state index in [1.807, 2.05) is 0 Å². The van der Waals surface area contributed by atoms with Crippen molar-refractivity contribution in [2.24, 2.45) is 4.99 Å². The first kappa shape index (κ1) is 31.8. The second-order valence-electron chi connectivity index (χ2n) is 10.2. The number of thiazole rings is 1. The summed E-state index contributed by atoms with van der Waals surface area (Å²) < 4.78 is 61.5. The molecule has 0 saturated heterocycles. The van der Waals surface area contributed by atoms with Crippen molar-refractivity contribution in [3.8, 4) is 17.1 Å². The molecule has 9 nitrogen and oxygen atoms in total. The number of benzene rings is 3. The monoisotopic (exact) mass is 682 g/mol. The SMILES string of the molecule is CCOC(=O)C1=C(C(F)(F)F)N=c2s/c(=C\c3ccc(-c4ccc(C(=O)O)c(Cl)c4)o3)c(=O)n2[C@H]1c1c(OC)ccc2ccccc12. The molecular formula is C33H22ClF3N2O7S. The largest absolute Gasteiger partial charge is 0.496 e. The van der Waals surface area contributed by atoms with Crippen molar-refractivity contribution in [3.63, 3.8) is 0 Å². The number of carbonyl (C=O) groups is 2. The fraction of sp³-hybridized carbons (Fsp3) is 0.152. The van der Waals surface area contributed by atoms with E-state index in [1.54, 1.807) is 42.5 Å². The number of hydrogen-bond acceptors (Lipinski definition) is 8. The van der Waals surface area contributed by atoms with Gasteiger partial charge in [-0.2, -0.15) is 13.2 Å². The molecule has 1 aliphatic heterocycles. The highest BCUT2D eigenvalue weighted by atomic mass is 35.5. The van der Waals surface area contributed by atoms with E-state index in [-0.39, 0.29) is 43.6 Å². The summed E-state index contributed by atoms with van der Waals surface area (Å²) in [6, 6.07) is 15.8. The number of halogens is 4. The van der Waals surface area contributed by atoms with Gasteiger partial charge in [0.1, 0.15) is 23.3 Å². The Bertz CT molecular complexity index is 2300. The Morgan fingerprint density at radius 3 is 2.57 bits per heavy atom. The molecule has 240 valence electrons. The number of esters is 1. The van der Waals surface area contributed by atoms with Crippen LogP contribution < -0.4 is 19.6 Å². The van der Waals surface area contributed by atoms with Gasteiger partial charge in [0.15, 0.2) is 10.5 Å². The maximum absolute atomic E-state index is 14.6. The zero-order chi connectivity index (χ0) is 33.6. The molecule has 47 heavy (non-hydrogen) atoms. The molecule has 0 spiro atoms. The Morgan fingerprint density at radius 1 is 1.13 bits per heavy atom. The smallest absolute Gasteiger partial charge is 0.434 e. The van der Waals surface area contributed by atoms with Crippen molar-refractivity contribution in [2.75, 3.05) is 13.7 Å². The molecule has 0 radical (unpaired) electrons. The highest BCUT2D eigenvalue weighted by Gasteiger charge is 2.46. The normalized spacial score (nSPS) is 15.0. The van der Waals surface area contributed by atoms with Crippen LogP contribution in [-0.4, -0.2) is 41.5 Å². The molecule has 0 unspecified atom stereocenters. The maximum Gasteiger partial charge on any atom is 0.434 e. The summed E-state index contributed by atoms with van der Waals surface area (Å²) in [5.41, 5.74) is -2.55. The van der Waals surface area contributed by atoms with Gasteiger partial charge in [0.05, 0.1) is 34.4 Å². The van der Waals surface area contributed by atoms with Crippen molar-refractivity contribution >= 4 is 51.7 Å². The van der Waals surface area contributed by atoms with Crippen molar-refractivity contribution in [3.05, 3.63) is 120 Å². The number of methoxy groups -OCH3 is 1. The molecule has 0 fully saturated rings. The quantitative estimate of drug-likeness (QED) is 0.206. The van der Waals surface area contributed by atoms with E-state index in [1.165, 1.54) is 44.4 Å². The minimum atomic E-state index is -5.08. The predicted molar refractivity (Wildman–Crippen MR) is 167 cm³/mol. The second-order valence-corrected chi connectivity index (χ2v) is 11.6. The van der Waals surface area contributed by atoms with Crippen LogP contribution >= 0.6 is 22.9 Å². The fourth-order valence-corrected chi connectivity index (χ4v) is 6.65. The Hall–Kier alpha value is -5.14. The second kappa shape index (κ2) is 12.2. The molecule has 3 heterocycles. The van der Waals surface area contributed by atoms with Crippen LogP contribution in [0.15, 0.2) is 92.2 Å². The number of carboxylic acids is 1. The molecule has 2 aromatic heterocycles. The highest BCUT2D eigenvalue weighted by Crippen LogP contribution is 2.43. The number of aromatic nitrogens is 1. The van der Waals surface area contributed by atoms with Crippen LogP contribution in [0.3, 0.4) is 0 Å². The minimum Gasteiger partial charge on any atom is -0.496 e. The molecule has 1 atom stereocenters. The zero-order valence-corrected chi connectivity index (χ0v) is 26.0. The lowest BCUT2D eigenvalue weighted by molar-refractivity contribution is -0.140. The first-order chi connectivity index (χ1) is 22.4. The first-order valence-corrected chi connectivity index (χ1v) is 15.1. The molecule has 0 saturated carbocycles. The van der Waals surface area contributed by atoms with E-state index in [0.29, 0.717) is 33.4 Å². The summed E-state index contributed by atoms with van der Waals surface area (Å²) in [5.74, 6) is -1.86. The van der Waals surface area contributed by atoms with E-state index in [9.17, 15) is 32.7 Å². The molecule has 0 amide bonds.